The van der Waals surface area contributed by atoms with Gasteiger partial charge in [-0.15, -0.1) is 0 Å². The zero-order chi connectivity index (χ0) is 11.2. The molecule has 0 saturated carbocycles. The van der Waals surface area contributed by atoms with E-state index in [-0.39, 0.29) is 0 Å². The number of hydrogen-bond acceptors (Lipinski definition) is 2. The largest absolute Gasteiger partial charge is 0.311 e. The number of halogens is 1. The van der Waals surface area contributed by atoms with Crippen molar-refractivity contribution in [1.29, 1.82) is 0 Å². The van der Waals surface area contributed by atoms with Crippen molar-refractivity contribution in [3.63, 3.8) is 0 Å². The van der Waals surface area contributed by atoms with Crippen LogP contribution in [-0.2, 0) is 13.1 Å². The maximum Gasteiger partial charge on any atom is 0.0534 e. The minimum atomic E-state index is 0.890. The standard InChI is InChI=1S/C12H14BrN3/c13-12-4-1-3-11(9-12)10-14-6-8-16-7-2-5-15-16/h1-5,7,9,14H,6,8,10H2. The Bertz CT molecular complexity index is 426. The Morgan fingerprint density at radius 3 is 3.00 bits per heavy atom. The van der Waals surface area contributed by atoms with Gasteiger partial charge in [-0.1, -0.05) is 28.1 Å². The third-order valence-corrected chi connectivity index (χ3v) is 2.79. The van der Waals surface area contributed by atoms with Crippen molar-refractivity contribution >= 4 is 15.9 Å². The van der Waals surface area contributed by atoms with Crippen LogP contribution in [-0.4, -0.2) is 16.3 Å². The summed E-state index contributed by atoms with van der Waals surface area (Å²) in [6.45, 7) is 2.72. The van der Waals surface area contributed by atoms with Crippen molar-refractivity contribution in [2.75, 3.05) is 6.54 Å². The van der Waals surface area contributed by atoms with E-state index in [0.717, 1.165) is 24.1 Å². The highest BCUT2D eigenvalue weighted by atomic mass is 79.9. The molecule has 1 heterocycles. The quantitative estimate of drug-likeness (QED) is 0.852. The fraction of sp³-hybridized carbons (Fsp3) is 0.250. The molecule has 84 valence electrons. The lowest BCUT2D eigenvalue weighted by atomic mass is 10.2. The molecule has 0 radical (unpaired) electrons. The van der Waals surface area contributed by atoms with E-state index in [4.69, 9.17) is 0 Å². The van der Waals surface area contributed by atoms with E-state index in [0.29, 0.717) is 0 Å². The van der Waals surface area contributed by atoms with E-state index in [2.05, 4.69) is 44.5 Å². The van der Waals surface area contributed by atoms with Crippen LogP contribution in [0.15, 0.2) is 47.2 Å². The van der Waals surface area contributed by atoms with E-state index in [9.17, 15) is 0 Å². The Morgan fingerprint density at radius 1 is 1.31 bits per heavy atom. The molecule has 0 amide bonds. The molecular formula is C12H14BrN3. The Labute approximate surface area is 104 Å². The first-order chi connectivity index (χ1) is 7.84. The predicted molar refractivity (Wildman–Crippen MR) is 68.1 cm³/mol. The second-order valence-electron chi connectivity index (χ2n) is 3.58. The molecule has 0 aliphatic heterocycles. The minimum Gasteiger partial charge on any atom is -0.311 e. The van der Waals surface area contributed by atoms with Crippen LogP contribution in [0, 0.1) is 0 Å². The topological polar surface area (TPSA) is 29.9 Å². The zero-order valence-corrected chi connectivity index (χ0v) is 10.5. The average Bonchev–Trinajstić information content (AvgIpc) is 2.77. The van der Waals surface area contributed by atoms with Gasteiger partial charge in [0.2, 0.25) is 0 Å². The second kappa shape index (κ2) is 5.82. The van der Waals surface area contributed by atoms with Crippen LogP contribution >= 0.6 is 15.9 Å². The van der Waals surface area contributed by atoms with Gasteiger partial charge in [0.05, 0.1) is 6.54 Å². The molecule has 0 saturated heterocycles. The molecule has 0 aliphatic carbocycles. The van der Waals surface area contributed by atoms with Gasteiger partial charge in [-0.05, 0) is 23.8 Å². The summed E-state index contributed by atoms with van der Waals surface area (Å²) in [5.41, 5.74) is 1.29. The molecular weight excluding hydrogens is 266 g/mol. The van der Waals surface area contributed by atoms with Gasteiger partial charge in [0, 0.05) is 30.0 Å². The Hall–Kier alpha value is -1.13. The predicted octanol–water partition coefficient (Wildman–Crippen LogP) is 2.44. The monoisotopic (exact) mass is 279 g/mol. The number of benzene rings is 1. The molecule has 0 spiro atoms. The van der Waals surface area contributed by atoms with E-state index in [1.165, 1.54) is 5.56 Å². The molecule has 4 heteroatoms. The maximum absolute atomic E-state index is 4.14. The second-order valence-corrected chi connectivity index (χ2v) is 4.49. The SMILES string of the molecule is Brc1cccc(CNCCn2cccn2)c1. The number of nitrogens with zero attached hydrogens (tertiary/aromatic N) is 2. The first-order valence-corrected chi connectivity index (χ1v) is 6.06. The fourth-order valence-corrected chi connectivity index (χ4v) is 1.95. The highest BCUT2D eigenvalue weighted by Crippen LogP contribution is 2.11. The molecule has 1 N–H and O–H groups in total. The molecule has 1 aromatic carbocycles. The fourth-order valence-electron chi connectivity index (χ4n) is 1.51. The first-order valence-electron chi connectivity index (χ1n) is 5.27. The summed E-state index contributed by atoms with van der Waals surface area (Å²) in [5, 5.41) is 7.53. The zero-order valence-electron chi connectivity index (χ0n) is 8.94. The molecule has 2 aromatic rings. The van der Waals surface area contributed by atoms with Crippen LogP contribution in [0.1, 0.15) is 5.56 Å². The molecule has 2 rings (SSSR count). The summed E-state index contributed by atoms with van der Waals surface area (Å²) in [4.78, 5) is 0. The van der Waals surface area contributed by atoms with E-state index < -0.39 is 0 Å². The third kappa shape index (κ3) is 3.47. The van der Waals surface area contributed by atoms with E-state index >= 15 is 0 Å². The highest BCUT2D eigenvalue weighted by molar-refractivity contribution is 9.10. The summed E-state index contributed by atoms with van der Waals surface area (Å²) in [5.74, 6) is 0. The Kier molecular flexibility index (Phi) is 4.13. The maximum atomic E-state index is 4.14. The third-order valence-electron chi connectivity index (χ3n) is 2.30. The Balaban J connectivity index is 1.72. The van der Waals surface area contributed by atoms with Gasteiger partial charge in [-0.2, -0.15) is 5.10 Å². The number of rotatable bonds is 5. The van der Waals surface area contributed by atoms with Crippen LogP contribution < -0.4 is 5.32 Å². The van der Waals surface area contributed by atoms with Gasteiger partial charge >= 0.3 is 0 Å². The van der Waals surface area contributed by atoms with Crippen LogP contribution in [0.5, 0.6) is 0 Å². The molecule has 3 nitrogen and oxygen atoms in total. The normalized spacial score (nSPS) is 10.6. The van der Waals surface area contributed by atoms with Gasteiger partial charge in [-0.25, -0.2) is 0 Å². The molecule has 1 aromatic heterocycles. The summed E-state index contributed by atoms with van der Waals surface area (Å²) in [7, 11) is 0. The molecule has 0 unspecified atom stereocenters. The van der Waals surface area contributed by atoms with Gasteiger partial charge in [0.1, 0.15) is 0 Å². The van der Waals surface area contributed by atoms with Gasteiger partial charge in [0.15, 0.2) is 0 Å². The highest BCUT2D eigenvalue weighted by Gasteiger charge is 1.94. The van der Waals surface area contributed by atoms with Crippen molar-refractivity contribution in [2.45, 2.75) is 13.1 Å². The van der Waals surface area contributed by atoms with Crippen LogP contribution in [0.4, 0.5) is 0 Å². The molecule has 0 atom stereocenters. The average molecular weight is 280 g/mol. The van der Waals surface area contributed by atoms with Crippen LogP contribution in [0.2, 0.25) is 0 Å². The number of hydrogen-bond donors (Lipinski definition) is 1. The van der Waals surface area contributed by atoms with Crippen LogP contribution in [0.3, 0.4) is 0 Å². The molecule has 0 bridgehead atoms. The van der Waals surface area contributed by atoms with E-state index in [1.54, 1.807) is 6.20 Å². The smallest absolute Gasteiger partial charge is 0.0534 e. The van der Waals surface area contributed by atoms with E-state index in [1.807, 2.05) is 23.0 Å². The van der Waals surface area contributed by atoms with Crippen LogP contribution in [0.25, 0.3) is 0 Å². The van der Waals surface area contributed by atoms with Crippen molar-refractivity contribution in [3.05, 3.63) is 52.8 Å². The van der Waals surface area contributed by atoms with Crippen molar-refractivity contribution in [2.24, 2.45) is 0 Å². The van der Waals surface area contributed by atoms with Crippen molar-refractivity contribution in [3.8, 4) is 0 Å². The summed E-state index contributed by atoms with van der Waals surface area (Å²) in [6.07, 6.45) is 3.77. The molecule has 0 fully saturated rings. The van der Waals surface area contributed by atoms with Gasteiger partial charge < -0.3 is 5.32 Å². The number of nitrogens with one attached hydrogen (secondary N) is 1. The lowest BCUT2D eigenvalue weighted by Crippen LogP contribution is -2.19. The Morgan fingerprint density at radius 2 is 2.25 bits per heavy atom. The summed E-state index contributed by atoms with van der Waals surface area (Å²) < 4.78 is 3.05. The lowest BCUT2D eigenvalue weighted by Gasteiger charge is -2.05. The molecule has 0 aliphatic rings. The lowest BCUT2D eigenvalue weighted by molar-refractivity contribution is 0.555. The first kappa shape index (κ1) is 11.4. The van der Waals surface area contributed by atoms with Crippen molar-refractivity contribution < 1.29 is 0 Å². The summed E-state index contributed by atoms with van der Waals surface area (Å²) >= 11 is 3.46. The number of aromatic nitrogens is 2. The van der Waals surface area contributed by atoms with Gasteiger partial charge in [0.25, 0.3) is 0 Å². The summed E-state index contributed by atoms with van der Waals surface area (Å²) in [6, 6.07) is 10.3. The molecule has 16 heavy (non-hydrogen) atoms. The van der Waals surface area contributed by atoms with Gasteiger partial charge in [-0.3, -0.25) is 4.68 Å². The van der Waals surface area contributed by atoms with Crippen molar-refractivity contribution in [1.82, 2.24) is 15.1 Å². The minimum absolute atomic E-state index is 0.890.